The first-order valence-corrected chi connectivity index (χ1v) is 7.43. The highest BCUT2D eigenvalue weighted by Crippen LogP contribution is 2.37. The highest BCUT2D eigenvalue weighted by molar-refractivity contribution is 5.87. The van der Waals surface area contributed by atoms with Gasteiger partial charge in [0.15, 0.2) is 11.9 Å². The molecule has 19 heavy (non-hydrogen) atoms. The Morgan fingerprint density at radius 3 is 2.68 bits per heavy atom. The summed E-state index contributed by atoms with van der Waals surface area (Å²) in [6, 6.07) is 8.01. The first-order chi connectivity index (χ1) is 9.15. The van der Waals surface area contributed by atoms with Crippen LogP contribution in [0.3, 0.4) is 0 Å². The van der Waals surface area contributed by atoms with Crippen LogP contribution in [0.5, 0.6) is 5.75 Å². The summed E-state index contributed by atoms with van der Waals surface area (Å²) in [7, 11) is 0. The Labute approximate surface area is 115 Å². The second-order valence-corrected chi connectivity index (χ2v) is 6.29. The number of Topliss-reactive ketones (excluding diaryl/α,β-unsaturated/α-hetero) is 1. The largest absolute Gasteiger partial charge is 0.482 e. The minimum Gasteiger partial charge on any atom is -0.482 e. The molecule has 0 bridgehead atoms. The molecule has 0 amide bonds. The van der Waals surface area contributed by atoms with Gasteiger partial charge >= 0.3 is 0 Å². The second-order valence-electron chi connectivity index (χ2n) is 6.29. The Bertz CT molecular complexity index is 455. The number of benzene rings is 1. The average Bonchev–Trinajstić information content (AvgIpc) is 2.85. The van der Waals surface area contributed by atoms with Crippen LogP contribution in [0.15, 0.2) is 24.3 Å². The minimum absolute atomic E-state index is 0.213. The highest BCUT2D eigenvalue weighted by Gasteiger charge is 2.36. The Morgan fingerprint density at radius 1 is 1.16 bits per heavy atom. The normalized spacial score (nSPS) is 33.6. The Kier molecular flexibility index (Phi) is 3.34. The molecule has 1 aromatic carbocycles. The molecular weight excluding hydrogens is 236 g/mol. The van der Waals surface area contributed by atoms with Crippen LogP contribution >= 0.6 is 0 Å². The van der Waals surface area contributed by atoms with Crippen LogP contribution in [0.4, 0.5) is 0 Å². The fourth-order valence-electron chi connectivity index (χ4n) is 3.41. The Balaban J connectivity index is 1.67. The molecule has 102 valence electrons. The van der Waals surface area contributed by atoms with E-state index in [1.165, 1.54) is 12.0 Å². The van der Waals surface area contributed by atoms with E-state index in [1.807, 2.05) is 18.2 Å². The van der Waals surface area contributed by atoms with Crippen molar-refractivity contribution >= 4 is 5.78 Å². The summed E-state index contributed by atoms with van der Waals surface area (Å²) in [6.45, 7) is 4.57. The lowest BCUT2D eigenvalue weighted by molar-refractivity contribution is -0.130. The van der Waals surface area contributed by atoms with Gasteiger partial charge < -0.3 is 4.74 Å². The van der Waals surface area contributed by atoms with Gasteiger partial charge in [0.2, 0.25) is 0 Å². The number of ketones is 1. The Hall–Kier alpha value is -1.31. The number of fused-ring (bicyclic) bond motifs is 1. The van der Waals surface area contributed by atoms with Crippen LogP contribution in [0.2, 0.25) is 0 Å². The number of carbonyl (C=O) groups excluding carboxylic acids is 1. The van der Waals surface area contributed by atoms with Crippen LogP contribution in [-0.2, 0) is 11.2 Å². The van der Waals surface area contributed by atoms with Crippen LogP contribution in [0.25, 0.3) is 0 Å². The first kappa shape index (κ1) is 12.7. The van der Waals surface area contributed by atoms with Gasteiger partial charge in [-0.3, -0.25) is 4.79 Å². The van der Waals surface area contributed by atoms with Gasteiger partial charge in [-0.15, -0.1) is 0 Å². The van der Waals surface area contributed by atoms with Crippen molar-refractivity contribution in [3.05, 3.63) is 29.8 Å². The molecule has 1 saturated carbocycles. The zero-order valence-electron chi connectivity index (χ0n) is 11.8. The smallest absolute Gasteiger partial charge is 0.176 e. The molecule has 0 N–H and O–H groups in total. The third-order valence-electron chi connectivity index (χ3n) is 4.97. The molecule has 0 aromatic heterocycles. The van der Waals surface area contributed by atoms with Crippen LogP contribution < -0.4 is 4.74 Å². The van der Waals surface area contributed by atoms with Gasteiger partial charge in [0.25, 0.3) is 0 Å². The van der Waals surface area contributed by atoms with E-state index in [-0.39, 0.29) is 12.0 Å². The van der Waals surface area contributed by atoms with E-state index >= 15 is 0 Å². The van der Waals surface area contributed by atoms with Crippen molar-refractivity contribution in [1.29, 1.82) is 0 Å². The number of carbonyl (C=O) groups is 1. The first-order valence-electron chi connectivity index (χ1n) is 7.43. The monoisotopic (exact) mass is 258 g/mol. The average molecular weight is 258 g/mol. The van der Waals surface area contributed by atoms with Crippen molar-refractivity contribution in [2.45, 2.75) is 45.6 Å². The maximum absolute atomic E-state index is 12.6. The molecule has 1 heterocycles. The molecule has 1 aromatic rings. The lowest BCUT2D eigenvalue weighted by atomic mass is 9.73. The zero-order chi connectivity index (χ0) is 13.4. The minimum atomic E-state index is -0.233. The molecular formula is C17H22O2. The summed E-state index contributed by atoms with van der Waals surface area (Å²) in [5.74, 6) is 2.86. The number of hydrogen-bond donors (Lipinski definition) is 0. The molecule has 0 radical (unpaired) electrons. The van der Waals surface area contributed by atoms with Gasteiger partial charge in [-0.05, 0) is 42.7 Å². The predicted molar refractivity (Wildman–Crippen MR) is 75.2 cm³/mol. The lowest BCUT2D eigenvalue weighted by Crippen LogP contribution is -2.35. The predicted octanol–water partition coefficient (Wildman–Crippen LogP) is 3.63. The van der Waals surface area contributed by atoms with Crippen molar-refractivity contribution in [3.8, 4) is 5.75 Å². The maximum atomic E-state index is 12.6. The molecule has 1 fully saturated rings. The molecule has 0 saturated heterocycles. The van der Waals surface area contributed by atoms with Gasteiger partial charge in [0.05, 0.1) is 0 Å². The zero-order valence-corrected chi connectivity index (χ0v) is 11.8. The molecule has 1 aliphatic heterocycles. The van der Waals surface area contributed by atoms with Gasteiger partial charge in [-0.2, -0.15) is 0 Å². The number of hydrogen-bond acceptors (Lipinski definition) is 2. The molecule has 4 unspecified atom stereocenters. The summed E-state index contributed by atoms with van der Waals surface area (Å²) in [5, 5.41) is 0. The standard InChI is InChI=1S/C17H22O2/c1-11-7-8-14(9-12(11)2)17(18)16-10-13-5-3-4-6-15(13)19-16/h3-6,11-12,14,16H,7-10H2,1-2H3. The topological polar surface area (TPSA) is 26.3 Å². The lowest BCUT2D eigenvalue weighted by Gasteiger charge is -2.32. The van der Waals surface area contributed by atoms with Crippen molar-refractivity contribution < 1.29 is 9.53 Å². The molecule has 4 atom stereocenters. The molecule has 2 aliphatic rings. The number of para-hydroxylation sites is 1. The van der Waals surface area contributed by atoms with Crippen molar-refractivity contribution in [3.63, 3.8) is 0 Å². The third kappa shape index (κ3) is 2.41. The fourth-order valence-corrected chi connectivity index (χ4v) is 3.41. The number of rotatable bonds is 2. The van der Waals surface area contributed by atoms with Crippen molar-refractivity contribution in [1.82, 2.24) is 0 Å². The van der Waals surface area contributed by atoms with Crippen molar-refractivity contribution in [2.24, 2.45) is 17.8 Å². The second kappa shape index (κ2) is 4.99. The quantitative estimate of drug-likeness (QED) is 0.809. The highest BCUT2D eigenvalue weighted by atomic mass is 16.5. The van der Waals surface area contributed by atoms with Gasteiger partial charge in [0.1, 0.15) is 5.75 Å². The van der Waals surface area contributed by atoms with Gasteiger partial charge in [0, 0.05) is 12.3 Å². The Morgan fingerprint density at radius 2 is 1.95 bits per heavy atom. The van der Waals surface area contributed by atoms with Crippen LogP contribution in [-0.4, -0.2) is 11.9 Å². The molecule has 2 nitrogen and oxygen atoms in total. The van der Waals surface area contributed by atoms with Crippen molar-refractivity contribution in [2.75, 3.05) is 0 Å². The molecule has 2 heteroatoms. The third-order valence-corrected chi connectivity index (χ3v) is 4.97. The summed E-state index contributed by atoms with van der Waals surface area (Å²) in [5.41, 5.74) is 1.18. The summed E-state index contributed by atoms with van der Waals surface area (Å²) >= 11 is 0. The molecule has 3 rings (SSSR count). The van der Waals surface area contributed by atoms with E-state index in [1.54, 1.807) is 0 Å². The van der Waals surface area contributed by atoms with Gasteiger partial charge in [-0.1, -0.05) is 32.0 Å². The van der Waals surface area contributed by atoms with E-state index in [9.17, 15) is 4.79 Å². The van der Waals surface area contributed by atoms with E-state index in [4.69, 9.17) is 4.74 Å². The van der Waals surface area contributed by atoms with Crippen LogP contribution in [0.1, 0.15) is 38.7 Å². The van der Waals surface area contributed by atoms with Crippen LogP contribution in [0, 0.1) is 17.8 Å². The van der Waals surface area contributed by atoms with E-state index < -0.39 is 0 Å². The maximum Gasteiger partial charge on any atom is 0.176 e. The summed E-state index contributed by atoms with van der Waals surface area (Å²) in [6.07, 6.45) is 3.78. The number of ether oxygens (including phenoxy) is 1. The van der Waals surface area contributed by atoms with E-state index in [0.717, 1.165) is 30.9 Å². The SMILES string of the molecule is CC1CCC(C(=O)C2Cc3ccccc3O2)CC1C. The summed E-state index contributed by atoms with van der Waals surface area (Å²) in [4.78, 5) is 12.6. The van der Waals surface area contributed by atoms with E-state index in [2.05, 4.69) is 19.9 Å². The van der Waals surface area contributed by atoms with E-state index in [0.29, 0.717) is 11.7 Å². The molecule has 0 spiro atoms. The fraction of sp³-hybridized carbons (Fsp3) is 0.588. The van der Waals surface area contributed by atoms with Gasteiger partial charge in [-0.25, -0.2) is 0 Å². The molecule has 1 aliphatic carbocycles. The summed E-state index contributed by atoms with van der Waals surface area (Å²) < 4.78 is 5.83.